The van der Waals surface area contributed by atoms with E-state index in [9.17, 15) is 9.59 Å². The summed E-state index contributed by atoms with van der Waals surface area (Å²) in [5.74, 6) is 0.224. The maximum absolute atomic E-state index is 11.9. The highest BCUT2D eigenvalue weighted by Crippen LogP contribution is 2.37. The van der Waals surface area contributed by atoms with Gasteiger partial charge < -0.3 is 10.6 Å². The molecule has 1 aromatic heterocycles. The summed E-state index contributed by atoms with van der Waals surface area (Å²) in [7, 11) is 0. The zero-order valence-corrected chi connectivity index (χ0v) is 15.2. The lowest BCUT2D eigenvalue weighted by Gasteiger charge is -2.04. The Labute approximate surface area is 149 Å². The molecule has 0 bridgehead atoms. The van der Waals surface area contributed by atoms with Crippen LogP contribution in [0.3, 0.4) is 0 Å². The Morgan fingerprint density at radius 2 is 2.04 bits per heavy atom. The summed E-state index contributed by atoms with van der Waals surface area (Å²) in [4.78, 5) is 29.2. The van der Waals surface area contributed by atoms with E-state index >= 15 is 0 Å². The first-order valence-electron chi connectivity index (χ1n) is 7.74. The van der Waals surface area contributed by atoms with Crippen molar-refractivity contribution >= 4 is 40.0 Å². The number of hydrogen-bond donors (Lipinski definition) is 2. The first kappa shape index (κ1) is 17.0. The number of aromatic nitrogens is 1. The molecule has 1 fully saturated rings. The van der Waals surface area contributed by atoms with Gasteiger partial charge in [0.05, 0.1) is 12.2 Å². The monoisotopic (exact) mass is 361 g/mol. The molecule has 2 amide bonds. The van der Waals surface area contributed by atoms with Crippen LogP contribution in [-0.4, -0.2) is 29.6 Å². The van der Waals surface area contributed by atoms with Gasteiger partial charge >= 0.3 is 0 Å². The Bertz CT molecular complexity index is 743. The molecule has 7 heteroatoms. The lowest BCUT2D eigenvalue weighted by atomic mass is 10.2. The van der Waals surface area contributed by atoms with E-state index in [-0.39, 0.29) is 24.3 Å². The Balaban J connectivity index is 1.53. The van der Waals surface area contributed by atoms with E-state index in [2.05, 4.69) is 15.6 Å². The first-order valence-corrected chi connectivity index (χ1v) is 9.85. The summed E-state index contributed by atoms with van der Waals surface area (Å²) in [5, 5.41) is 7.85. The van der Waals surface area contributed by atoms with Crippen molar-refractivity contribution in [3.63, 3.8) is 0 Å². The van der Waals surface area contributed by atoms with Crippen LogP contribution in [0.4, 0.5) is 5.13 Å². The molecule has 2 atom stereocenters. The SMILES string of the molecule is CSc1ccc(-c2csc(NC(=O)CNC(=O)[C@@H]3C[C@H]3C)n2)cc1. The molecule has 0 spiro atoms. The average molecular weight is 361 g/mol. The van der Waals surface area contributed by atoms with Crippen LogP contribution in [0.5, 0.6) is 0 Å². The van der Waals surface area contributed by atoms with Gasteiger partial charge in [-0.15, -0.1) is 23.1 Å². The van der Waals surface area contributed by atoms with Crippen LogP contribution in [0.2, 0.25) is 0 Å². The van der Waals surface area contributed by atoms with Crippen molar-refractivity contribution < 1.29 is 9.59 Å². The number of benzene rings is 1. The third-order valence-corrected chi connectivity index (χ3v) is 5.51. The van der Waals surface area contributed by atoms with Gasteiger partial charge in [0, 0.05) is 21.8 Å². The zero-order chi connectivity index (χ0) is 17.1. The standard InChI is InChI=1S/C17H19N3O2S2/c1-10-7-13(10)16(22)18-8-15(21)20-17-19-14(9-24-17)11-3-5-12(23-2)6-4-11/h3-6,9-10,13H,7-8H2,1-2H3,(H,18,22)(H,19,20,21)/t10-,13-/m1/s1. The number of thiazole rings is 1. The van der Waals surface area contributed by atoms with Crippen molar-refractivity contribution in [1.82, 2.24) is 10.3 Å². The molecular formula is C17H19N3O2S2. The van der Waals surface area contributed by atoms with Crippen molar-refractivity contribution in [2.45, 2.75) is 18.2 Å². The largest absolute Gasteiger partial charge is 0.347 e. The maximum atomic E-state index is 11.9. The van der Waals surface area contributed by atoms with Crippen molar-refractivity contribution in [2.24, 2.45) is 11.8 Å². The van der Waals surface area contributed by atoms with Gasteiger partial charge in [0.15, 0.2) is 5.13 Å². The van der Waals surface area contributed by atoms with Crippen LogP contribution in [0, 0.1) is 11.8 Å². The fraction of sp³-hybridized carbons (Fsp3) is 0.353. The Kier molecular flexibility index (Phi) is 5.20. The fourth-order valence-electron chi connectivity index (χ4n) is 2.37. The van der Waals surface area contributed by atoms with Crippen LogP contribution < -0.4 is 10.6 Å². The van der Waals surface area contributed by atoms with Crippen molar-refractivity contribution in [2.75, 3.05) is 18.1 Å². The molecule has 1 aliphatic carbocycles. The summed E-state index contributed by atoms with van der Waals surface area (Å²) in [6, 6.07) is 8.13. The minimum atomic E-state index is -0.254. The highest BCUT2D eigenvalue weighted by Gasteiger charge is 2.38. The molecule has 126 valence electrons. The maximum Gasteiger partial charge on any atom is 0.245 e. The second-order valence-corrected chi connectivity index (χ2v) is 7.59. The number of carbonyl (C=O) groups is 2. The summed E-state index contributed by atoms with van der Waals surface area (Å²) in [6.07, 6.45) is 2.95. The van der Waals surface area contributed by atoms with E-state index in [4.69, 9.17) is 0 Å². The molecule has 1 heterocycles. The molecule has 0 radical (unpaired) electrons. The van der Waals surface area contributed by atoms with E-state index in [1.807, 2.05) is 42.8 Å². The van der Waals surface area contributed by atoms with Gasteiger partial charge in [0.1, 0.15) is 0 Å². The molecule has 1 aromatic carbocycles. The van der Waals surface area contributed by atoms with Crippen LogP contribution in [0.25, 0.3) is 11.3 Å². The molecule has 2 N–H and O–H groups in total. The second-order valence-electron chi connectivity index (χ2n) is 5.85. The van der Waals surface area contributed by atoms with Crippen LogP contribution in [0.1, 0.15) is 13.3 Å². The van der Waals surface area contributed by atoms with E-state index in [1.165, 1.54) is 16.2 Å². The van der Waals surface area contributed by atoms with Crippen molar-refractivity contribution in [1.29, 1.82) is 0 Å². The number of hydrogen-bond acceptors (Lipinski definition) is 5. The van der Waals surface area contributed by atoms with Gasteiger partial charge in [-0.1, -0.05) is 19.1 Å². The number of rotatable bonds is 6. The van der Waals surface area contributed by atoms with Gasteiger partial charge in [0.25, 0.3) is 0 Å². The van der Waals surface area contributed by atoms with Crippen molar-refractivity contribution in [3.05, 3.63) is 29.6 Å². The molecule has 24 heavy (non-hydrogen) atoms. The van der Waals surface area contributed by atoms with Crippen LogP contribution in [0.15, 0.2) is 34.5 Å². The van der Waals surface area contributed by atoms with Crippen LogP contribution >= 0.6 is 23.1 Å². The van der Waals surface area contributed by atoms with Gasteiger partial charge in [-0.2, -0.15) is 0 Å². The molecule has 3 rings (SSSR count). The molecule has 1 saturated carbocycles. The summed E-state index contributed by atoms with van der Waals surface area (Å²) >= 11 is 3.07. The topological polar surface area (TPSA) is 71.1 Å². The highest BCUT2D eigenvalue weighted by molar-refractivity contribution is 7.98. The summed E-state index contributed by atoms with van der Waals surface area (Å²) in [6.45, 7) is 2.02. The van der Waals surface area contributed by atoms with E-state index in [0.717, 1.165) is 17.7 Å². The number of nitrogens with zero attached hydrogens (tertiary/aromatic N) is 1. The minimum Gasteiger partial charge on any atom is -0.347 e. The van der Waals surface area contributed by atoms with E-state index in [0.29, 0.717) is 11.0 Å². The third kappa shape index (κ3) is 4.15. The van der Waals surface area contributed by atoms with Crippen LogP contribution in [-0.2, 0) is 9.59 Å². The lowest BCUT2D eigenvalue weighted by molar-refractivity contribution is -0.125. The predicted molar refractivity (Wildman–Crippen MR) is 98.2 cm³/mol. The summed E-state index contributed by atoms with van der Waals surface area (Å²) < 4.78 is 0. The van der Waals surface area contributed by atoms with Gasteiger partial charge in [-0.25, -0.2) is 4.98 Å². The molecule has 0 unspecified atom stereocenters. The first-order chi connectivity index (χ1) is 11.6. The molecule has 5 nitrogen and oxygen atoms in total. The third-order valence-electron chi connectivity index (χ3n) is 4.01. The Hall–Kier alpha value is -1.86. The average Bonchev–Trinajstić information content (AvgIpc) is 3.15. The van der Waals surface area contributed by atoms with E-state index < -0.39 is 0 Å². The minimum absolute atomic E-state index is 0.0145. The molecule has 1 aliphatic rings. The van der Waals surface area contributed by atoms with Gasteiger partial charge in [-0.3, -0.25) is 9.59 Å². The van der Waals surface area contributed by atoms with Crippen molar-refractivity contribution in [3.8, 4) is 11.3 Å². The zero-order valence-electron chi connectivity index (χ0n) is 13.5. The number of thioether (sulfide) groups is 1. The molecular weight excluding hydrogens is 342 g/mol. The van der Waals surface area contributed by atoms with Gasteiger partial charge in [0.2, 0.25) is 11.8 Å². The number of carbonyl (C=O) groups excluding carboxylic acids is 2. The van der Waals surface area contributed by atoms with E-state index in [1.54, 1.807) is 11.8 Å². The number of nitrogens with one attached hydrogen (secondary N) is 2. The predicted octanol–water partition coefficient (Wildman–Crippen LogP) is 3.24. The Morgan fingerprint density at radius 3 is 2.67 bits per heavy atom. The fourth-order valence-corrected chi connectivity index (χ4v) is 3.52. The normalized spacial score (nSPS) is 18.9. The number of amides is 2. The summed E-state index contributed by atoms with van der Waals surface area (Å²) in [5.41, 5.74) is 1.85. The lowest BCUT2D eigenvalue weighted by Crippen LogP contribution is -2.34. The molecule has 2 aromatic rings. The second kappa shape index (κ2) is 7.36. The quantitative estimate of drug-likeness (QED) is 0.775. The smallest absolute Gasteiger partial charge is 0.245 e. The molecule has 0 saturated heterocycles. The highest BCUT2D eigenvalue weighted by atomic mass is 32.2. The Morgan fingerprint density at radius 1 is 1.33 bits per heavy atom. The van der Waals surface area contributed by atoms with Gasteiger partial charge in [-0.05, 0) is 30.7 Å². The number of anilines is 1. The molecule has 0 aliphatic heterocycles.